The maximum atomic E-state index is 6.77. The van der Waals surface area contributed by atoms with Crippen molar-refractivity contribution in [2.45, 2.75) is 66.2 Å². The molecule has 30 heavy (non-hydrogen) atoms. The Kier molecular flexibility index (Phi) is 4.84. The van der Waals surface area contributed by atoms with Crippen LogP contribution in [0, 0.1) is 25.7 Å². The summed E-state index contributed by atoms with van der Waals surface area (Å²) in [4.78, 5) is 0. The second kappa shape index (κ2) is 7.41. The minimum Gasteiger partial charge on any atom is -0.449 e. The first-order valence-electron chi connectivity index (χ1n) is 11.7. The molecule has 0 unspecified atom stereocenters. The number of pyridine rings is 1. The Labute approximate surface area is 180 Å². The Morgan fingerprint density at radius 1 is 1.10 bits per heavy atom. The molecule has 0 bridgehead atoms. The number of rotatable bonds is 4. The highest BCUT2D eigenvalue weighted by Crippen LogP contribution is 2.49. The van der Waals surface area contributed by atoms with Crippen LogP contribution in [0.25, 0.3) is 22.0 Å². The molecule has 0 atom stereocenters. The van der Waals surface area contributed by atoms with Crippen LogP contribution in [0.1, 0.15) is 61.8 Å². The van der Waals surface area contributed by atoms with Crippen molar-refractivity contribution in [3.8, 4) is 22.8 Å². The molecule has 0 amide bonds. The average molecular weight is 401 g/mol. The number of benzene rings is 2. The van der Waals surface area contributed by atoms with Crippen LogP contribution in [-0.4, -0.2) is 0 Å². The van der Waals surface area contributed by atoms with Crippen molar-refractivity contribution >= 4 is 10.8 Å². The molecule has 0 radical (unpaired) electrons. The first kappa shape index (κ1) is 19.6. The van der Waals surface area contributed by atoms with Gasteiger partial charge in [0.05, 0.1) is 5.56 Å². The zero-order chi connectivity index (χ0) is 21.0. The molecular formula is C28H34NO+. The van der Waals surface area contributed by atoms with Gasteiger partial charge in [-0.05, 0) is 66.7 Å². The molecule has 2 heteroatoms. The van der Waals surface area contributed by atoms with Crippen LogP contribution in [0.5, 0.6) is 11.5 Å². The zero-order valence-electron chi connectivity index (χ0n) is 19.1. The van der Waals surface area contributed by atoms with E-state index in [4.69, 9.17) is 4.74 Å². The van der Waals surface area contributed by atoms with E-state index in [0.29, 0.717) is 5.92 Å². The first-order chi connectivity index (χ1) is 14.4. The van der Waals surface area contributed by atoms with Crippen LogP contribution in [0.3, 0.4) is 0 Å². The molecule has 1 aromatic heterocycles. The van der Waals surface area contributed by atoms with E-state index in [1.54, 1.807) is 0 Å². The van der Waals surface area contributed by atoms with Crippen molar-refractivity contribution in [3.05, 3.63) is 52.7 Å². The molecule has 1 saturated carbocycles. The summed E-state index contributed by atoms with van der Waals surface area (Å²) < 4.78 is 9.03. The fourth-order valence-electron chi connectivity index (χ4n) is 5.63. The lowest BCUT2D eigenvalue weighted by molar-refractivity contribution is -0.660. The lowest BCUT2D eigenvalue weighted by Crippen LogP contribution is -2.32. The second-order valence-corrected chi connectivity index (χ2v) is 10.1. The number of fused-ring (bicyclic) bond motifs is 2. The molecule has 0 N–H and O–H groups in total. The van der Waals surface area contributed by atoms with Crippen molar-refractivity contribution in [1.82, 2.24) is 0 Å². The average Bonchev–Trinajstić information content (AvgIpc) is 3.20. The van der Waals surface area contributed by atoms with E-state index in [9.17, 15) is 0 Å². The van der Waals surface area contributed by atoms with Gasteiger partial charge in [-0.3, -0.25) is 0 Å². The molecule has 1 fully saturated rings. The predicted octanol–water partition coefficient (Wildman–Crippen LogP) is 6.99. The van der Waals surface area contributed by atoms with Crippen LogP contribution < -0.4 is 9.30 Å². The lowest BCUT2D eigenvalue weighted by atomic mass is 9.87. The minimum absolute atomic E-state index is 0.632. The molecule has 5 rings (SSSR count). The fourth-order valence-corrected chi connectivity index (χ4v) is 5.63. The Morgan fingerprint density at radius 2 is 1.87 bits per heavy atom. The van der Waals surface area contributed by atoms with Gasteiger partial charge in [0.25, 0.3) is 5.69 Å². The van der Waals surface area contributed by atoms with Gasteiger partial charge in [-0.2, -0.15) is 4.57 Å². The highest BCUT2D eigenvalue weighted by atomic mass is 16.5. The minimum atomic E-state index is 0.632. The van der Waals surface area contributed by atoms with Crippen LogP contribution in [0.4, 0.5) is 0 Å². The smallest absolute Gasteiger partial charge is 0.256 e. The Hall–Kier alpha value is -2.35. The summed E-state index contributed by atoms with van der Waals surface area (Å²) in [6, 6.07) is 9.32. The van der Waals surface area contributed by atoms with Crippen molar-refractivity contribution < 1.29 is 9.30 Å². The number of aromatic nitrogens is 1. The molecule has 0 spiro atoms. The predicted molar refractivity (Wildman–Crippen MR) is 124 cm³/mol. The van der Waals surface area contributed by atoms with Gasteiger partial charge < -0.3 is 4.74 Å². The zero-order valence-corrected chi connectivity index (χ0v) is 19.1. The molecule has 3 aromatic rings. The van der Waals surface area contributed by atoms with Gasteiger partial charge in [-0.15, -0.1) is 0 Å². The number of hydrogen-bond donors (Lipinski definition) is 0. The summed E-state index contributed by atoms with van der Waals surface area (Å²) in [5.74, 6) is 3.58. The maximum absolute atomic E-state index is 6.77. The van der Waals surface area contributed by atoms with Crippen LogP contribution in [-0.2, 0) is 19.9 Å². The third-order valence-electron chi connectivity index (χ3n) is 7.22. The fraction of sp³-hybridized carbons (Fsp3) is 0.464. The normalized spacial score (nSPS) is 15.7. The molecule has 2 nitrogen and oxygen atoms in total. The molecule has 156 valence electrons. The molecule has 1 aliphatic heterocycles. The van der Waals surface area contributed by atoms with Crippen molar-refractivity contribution in [1.29, 1.82) is 0 Å². The summed E-state index contributed by atoms with van der Waals surface area (Å²) in [5.41, 5.74) is 8.11. The van der Waals surface area contributed by atoms with Gasteiger partial charge >= 0.3 is 0 Å². The van der Waals surface area contributed by atoms with Gasteiger partial charge in [-0.25, -0.2) is 0 Å². The number of nitrogens with zero attached hydrogens (tertiary/aromatic N) is 1. The quantitative estimate of drug-likeness (QED) is 0.337. The summed E-state index contributed by atoms with van der Waals surface area (Å²) in [5, 5.41) is 2.60. The van der Waals surface area contributed by atoms with Crippen molar-refractivity contribution in [3.63, 3.8) is 0 Å². The Balaban J connectivity index is 1.75. The molecule has 0 saturated heterocycles. The maximum Gasteiger partial charge on any atom is 0.256 e. The summed E-state index contributed by atoms with van der Waals surface area (Å²) in [7, 11) is 2.16. The highest BCUT2D eigenvalue weighted by molar-refractivity contribution is 6.05. The van der Waals surface area contributed by atoms with Gasteiger partial charge in [-0.1, -0.05) is 51.7 Å². The number of hydrogen-bond acceptors (Lipinski definition) is 1. The van der Waals surface area contributed by atoms with E-state index in [1.807, 2.05) is 0 Å². The van der Waals surface area contributed by atoms with Gasteiger partial charge in [0.2, 0.25) is 5.75 Å². The van der Waals surface area contributed by atoms with E-state index < -0.39 is 0 Å². The van der Waals surface area contributed by atoms with Crippen LogP contribution in [0.2, 0.25) is 0 Å². The van der Waals surface area contributed by atoms with Gasteiger partial charge in [0.1, 0.15) is 12.8 Å². The highest BCUT2D eigenvalue weighted by Gasteiger charge is 2.33. The standard InChI is InChI=1S/C28H34NO/c1-17(2)12-21-15-23-13-18(3)19(4)25-26(23)24(16-21)30-28-22(10-11-29(5)27(25)28)14-20-8-6-7-9-20/h10-11,13,15-17,20H,6-9,12,14H2,1-5H3/q+1. The van der Waals surface area contributed by atoms with E-state index in [0.717, 1.165) is 30.3 Å². The van der Waals surface area contributed by atoms with Crippen molar-refractivity contribution in [2.24, 2.45) is 18.9 Å². The lowest BCUT2D eigenvalue weighted by Gasteiger charge is -2.25. The summed E-state index contributed by atoms with van der Waals surface area (Å²) in [6.45, 7) is 9.10. The largest absolute Gasteiger partial charge is 0.449 e. The summed E-state index contributed by atoms with van der Waals surface area (Å²) in [6.07, 6.45) is 9.94. The number of ether oxygens (including phenoxy) is 1. The summed E-state index contributed by atoms with van der Waals surface area (Å²) >= 11 is 0. The SMILES string of the molecule is Cc1cc2cc(CC(C)C)cc3c2c(c1C)-c1c(c(CC2CCCC2)cc[n+]1C)O3. The third kappa shape index (κ3) is 3.21. The Morgan fingerprint density at radius 3 is 2.60 bits per heavy atom. The second-order valence-electron chi connectivity index (χ2n) is 10.1. The third-order valence-corrected chi connectivity index (χ3v) is 7.22. The number of aryl methyl sites for hydroxylation is 2. The molecule has 1 aliphatic carbocycles. The molecule has 2 heterocycles. The van der Waals surface area contributed by atoms with E-state index in [2.05, 4.69) is 69.8 Å². The van der Waals surface area contributed by atoms with Gasteiger partial charge in [0.15, 0.2) is 6.20 Å². The van der Waals surface area contributed by atoms with Crippen LogP contribution >= 0.6 is 0 Å². The Bertz CT molecular complexity index is 1140. The van der Waals surface area contributed by atoms with E-state index in [1.165, 1.54) is 70.0 Å². The molecular weight excluding hydrogens is 366 g/mol. The van der Waals surface area contributed by atoms with E-state index in [-0.39, 0.29) is 0 Å². The monoisotopic (exact) mass is 400 g/mol. The van der Waals surface area contributed by atoms with Gasteiger partial charge in [0, 0.05) is 17.0 Å². The topological polar surface area (TPSA) is 13.1 Å². The van der Waals surface area contributed by atoms with Crippen LogP contribution in [0.15, 0.2) is 30.5 Å². The molecule has 2 aromatic carbocycles. The molecule has 2 aliphatic rings. The van der Waals surface area contributed by atoms with E-state index >= 15 is 0 Å². The first-order valence-corrected chi connectivity index (χ1v) is 11.7. The van der Waals surface area contributed by atoms with Crippen molar-refractivity contribution in [2.75, 3.05) is 0 Å².